The van der Waals surface area contributed by atoms with Gasteiger partial charge < -0.3 is 19.5 Å². The number of hydrogen-bond acceptors (Lipinski definition) is 5. The first kappa shape index (κ1) is 20.1. The lowest BCUT2D eigenvalue weighted by Crippen LogP contribution is -2.34. The standard InChI is InChI=1S/C21H24N2O4S/c1-2-25-17-10-8-15(9-11-17)20(24)23-21(28)22-16-5-3-6-18(13-16)27-14-19-7-4-12-26-19/h3,5-6,8-11,13,19H,2,4,7,12,14H2,1H3,(H2,22,23,24,28). The van der Waals surface area contributed by atoms with Crippen molar-refractivity contribution in [2.24, 2.45) is 0 Å². The van der Waals surface area contributed by atoms with Crippen LogP contribution in [0.5, 0.6) is 11.5 Å². The van der Waals surface area contributed by atoms with Crippen molar-refractivity contribution in [3.63, 3.8) is 0 Å². The largest absolute Gasteiger partial charge is 0.494 e. The highest BCUT2D eigenvalue weighted by atomic mass is 32.1. The van der Waals surface area contributed by atoms with Crippen molar-refractivity contribution in [3.05, 3.63) is 54.1 Å². The molecule has 1 amide bonds. The van der Waals surface area contributed by atoms with E-state index in [1.165, 1.54) is 0 Å². The molecule has 0 aromatic heterocycles. The van der Waals surface area contributed by atoms with Gasteiger partial charge in [-0.05, 0) is 68.4 Å². The van der Waals surface area contributed by atoms with Gasteiger partial charge in [0.1, 0.15) is 18.1 Å². The molecule has 148 valence electrons. The molecule has 0 saturated carbocycles. The number of anilines is 1. The molecule has 1 aliphatic rings. The summed E-state index contributed by atoms with van der Waals surface area (Å²) < 4.78 is 16.7. The van der Waals surface area contributed by atoms with Crippen LogP contribution in [0.3, 0.4) is 0 Å². The lowest BCUT2D eigenvalue weighted by molar-refractivity contribution is 0.0680. The van der Waals surface area contributed by atoms with Crippen LogP contribution < -0.4 is 20.1 Å². The van der Waals surface area contributed by atoms with Crippen LogP contribution in [-0.4, -0.2) is 36.9 Å². The number of carbonyl (C=O) groups is 1. The highest BCUT2D eigenvalue weighted by Crippen LogP contribution is 2.20. The zero-order valence-corrected chi connectivity index (χ0v) is 16.6. The molecule has 1 unspecified atom stereocenters. The molecule has 1 aliphatic heterocycles. The molecule has 1 atom stereocenters. The summed E-state index contributed by atoms with van der Waals surface area (Å²) in [5, 5.41) is 5.90. The number of ether oxygens (including phenoxy) is 3. The molecule has 2 N–H and O–H groups in total. The molecule has 6 nitrogen and oxygen atoms in total. The summed E-state index contributed by atoms with van der Waals surface area (Å²) in [5.41, 5.74) is 1.24. The predicted molar refractivity (Wildman–Crippen MR) is 112 cm³/mol. The van der Waals surface area contributed by atoms with E-state index in [4.69, 9.17) is 26.4 Å². The Labute approximate surface area is 170 Å². The quantitative estimate of drug-likeness (QED) is 0.690. The number of thiocarbonyl (C=S) groups is 1. The Hall–Kier alpha value is -2.64. The zero-order valence-electron chi connectivity index (χ0n) is 15.8. The number of hydrogen-bond donors (Lipinski definition) is 2. The number of carbonyl (C=O) groups excluding carboxylic acids is 1. The molecule has 1 fully saturated rings. The fraction of sp³-hybridized carbons (Fsp3) is 0.333. The zero-order chi connectivity index (χ0) is 19.8. The van der Waals surface area contributed by atoms with E-state index in [0.717, 1.165) is 36.6 Å². The van der Waals surface area contributed by atoms with Crippen molar-refractivity contribution in [2.45, 2.75) is 25.9 Å². The molecule has 2 aromatic carbocycles. The molecule has 0 aliphatic carbocycles. The second kappa shape index (κ2) is 10.1. The molecule has 28 heavy (non-hydrogen) atoms. The van der Waals surface area contributed by atoms with Gasteiger partial charge in [0, 0.05) is 23.9 Å². The summed E-state index contributed by atoms with van der Waals surface area (Å²) in [7, 11) is 0. The minimum Gasteiger partial charge on any atom is -0.494 e. The van der Waals surface area contributed by atoms with Gasteiger partial charge in [-0.25, -0.2) is 0 Å². The third kappa shape index (κ3) is 5.94. The van der Waals surface area contributed by atoms with Gasteiger partial charge in [0.25, 0.3) is 5.91 Å². The molecule has 0 radical (unpaired) electrons. The van der Waals surface area contributed by atoms with E-state index >= 15 is 0 Å². The monoisotopic (exact) mass is 400 g/mol. The van der Waals surface area contributed by atoms with Gasteiger partial charge in [0.15, 0.2) is 5.11 Å². The van der Waals surface area contributed by atoms with E-state index in [1.54, 1.807) is 24.3 Å². The van der Waals surface area contributed by atoms with Crippen molar-refractivity contribution < 1.29 is 19.0 Å². The van der Waals surface area contributed by atoms with E-state index in [0.29, 0.717) is 18.8 Å². The van der Waals surface area contributed by atoms with Crippen LogP contribution in [0.4, 0.5) is 5.69 Å². The van der Waals surface area contributed by atoms with E-state index in [1.807, 2.05) is 31.2 Å². The lowest BCUT2D eigenvalue weighted by Gasteiger charge is -2.13. The maximum Gasteiger partial charge on any atom is 0.257 e. The van der Waals surface area contributed by atoms with E-state index < -0.39 is 0 Å². The average Bonchev–Trinajstić information content (AvgIpc) is 3.21. The number of rotatable bonds is 7. The van der Waals surface area contributed by atoms with Crippen molar-refractivity contribution in [1.82, 2.24) is 5.32 Å². The summed E-state index contributed by atoms with van der Waals surface area (Å²) in [4.78, 5) is 12.3. The molecule has 0 spiro atoms. The fourth-order valence-electron chi connectivity index (χ4n) is 2.84. The van der Waals surface area contributed by atoms with Gasteiger partial charge in [-0.3, -0.25) is 10.1 Å². The molecule has 1 saturated heterocycles. The van der Waals surface area contributed by atoms with Gasteiger partial charge in [0.05, 0.1) is 12.7 Å². The average molecular weight is 401 g/mol. The van der Waals surface area contributed by atoms with Crippen LogP contribution in [-0.2, 0) is 4.74 Å². The molecule has 1 heterocycles. The third-order valence-electron chi connectivity index (χ3n) is 4.21. The molecular weight excluding hydrogens is 376 g/mol. The van der Waals surface area contributed by atoms with Crippen molar-refractivity contribution in [3.8, 4) is 11.5 Å². The van der Waals surface area contributed by atoms with E-state index in [2.05, 4.69) is 10.6 Å². The highest BCUT2D eigenvalue weighted by molar-refractivity contribution is 7.80. The van der Waals surface area contributed by atoms with Gasteiger partial charge in [-0.2, -0.15) is 0 Å². The fourth-order valence-corrected chi connectivity index (χ4v) is 3.05. The predicted octanol–water partition coefficient (Wildman–Crippen LogP) is 3.77. The second-order valence-corrected chi connectivity index (χ2v) is 6.75. The van der Waals surface area contributed by atoms with E-state index in [-0.39, 0.29) is 17.1 Å². The number of nitrogens with one attached hydrogen (secondary N) is 2. The summed E-state index contributed by atoms with van der Waals surface area (Å²) in [6.45, 7) is 3.82. The van der Waals surface area contributed by atoms with Crippen LogP contribution in [0.1, 0.15) is 30.1 Å². The molecule has 7 heteroatoms. The smallest absolute Gasteiger partial charge is 0.257 e. The van der Waals surface area contributed by atoms with E-state index in [9.17, 15) is 4.79 Å². The molecule has 2 aromatic rings. The van der Waals surface area contributed by atoms with Crippen molar-refractivity contribution in [1.29, 1.82) is 0 Å². The van der Waals surface area contributed by atoms with Crippen LogP contribution in [0.15, 0.2) is 48.5 Å². The first-order chi connectivity index (χ1) is 13.6. The third-order valence-corrected chi connectivity index (χ3v) is 4.41. The summed E-state index contributed by atoms with van der Waals surface area (Å²) in [5.74, 6) is 1.16. The molecule has 0 bridgehead atoms. The van der Waals surface area contributed by atoms with Crippen LogP contribution in [0.2, 0.25) is 0 Å². The Kier molecular flexibility index (Phi) is 7.22. The minimum absolute atomic E-state index is 0.158. The molecule has 3 rings (SSSR count). The maximum absolute atomic E-state index is 12.3. The minimum atomic E-state index is -0.286. The second-order valence-electron chi connectivity index (χ2n) is 6.34. The summed E-state index contributed by atoms with van der Waals surface area (Å²) >= 11 is 5.25. The highest BCUT2D eigenvalue weighted by Gasteiger charge is 2.16. The molecular formula is C21H24N2O4S. The van der Waals surface area contributed by atoms with Crippen molar-refractivity contribution in [2.75, 3.05) is 25.1 Å². The van der Waals surface area contributed by atoms with Gasteiger partial charge in [-0.15, -0.1) is 0 Å². The Morgan fingerprint density at radius 3 is 2.71 bits per heavy atom. The van der Waals surface area contributed by atoms with Crippen LogP contribution in [0.25, 0.3) is 0 Å². The maximum atomic E-state index is 12.3. The van der Waals surface area contributed by atoms with Gasteiger partial charge >= 0.3 is 0 Å². The topological polar surface area (TPSA) is 68.8 Å². The Balaban J connectivity index is 1.50. The lowest BCUT2D eigenvalue weighted by atomic mass is 10.2. The van der Waals surface area contributed by atoms with Crippen molar-refractivity contribution >= 4 is 28.9 Å². The Morgan fingerprint density at radius 1 is 1.18 bits per heavy atom. The first-order valence-corrected chi connectivity index (χ1v) is 9.74. The van der Waals surface area contributed by atoms with Gasteiger partial charge in [-0.1, -0.05) is 6.07 Å². The normalized spacial score (nSPS) is 15.7. The number of amides is 1. The number of benzene rings is 2. The van der Waals surface area contributed by atoms with Crippen LogP contribution in [0, 0.1) is 0 Å². The SMILES string of the molecule is CCOc1ccc(C(=O)NC(=S)Nc2cccc(OCC3CCCO3)c2)cc1. The summed E-state index contributed by atoms with van der Waals surface area (Å²) in [6.07, 6.45) is 2.27. The van der Waals surface area contributed by atoms with Gasteiger partial charge in [0.2, 0.25) is 0 Å². The first-order valence-electron chi connectivity index (χ1n) is 9.33. The summed E-state index contributed by atoms with van der Waals surface area (Å²) in [6, 6.07) is 14.3. The van der Waals surface area contributed by atoms with Crippen LogP contribution >= 0.6 is 12.2 Å². The Bertz CT molecular complexity index is 804. The Morgan fingerprint density at radius 2 is 2.00 bits per heavy atom.